The lowest BCUT2D eigenvalue weighted by molar-refractivity contribution is -0.125. The average molecular weight is 290 g/mol. The second kappa shape index (κ2) is 6.58. The van der Waals surface area contributed by atoms with E-state index in [-0.39, 0.29) is 17.9 Å². The molecule has 0 saturated carbocycles. The van der Waals surface area contributed by atoms with Crippen LogP contribution in [0.2, 0.25) is 0 Å². The third-order valence-electron chi connectivity index (χ3n) is 3.10. The van der Waals surface area contributed by atoms with Gasteiger partial charge >= 0.3 is 0 Å². The first-order valence-electron chi connectivity index (χ1n) is 6.49. The fourth-order valence-corrected chi connectivity index (χ4v) is 2.37. The zero-order chi connectivity index (χ0) is 14.5. The minimum Gasteiger partial charge on any atom is -0.349 e. The summed E-state index contributed by atoms with van der Waals surface area (Å²) in [4.78, 5) is 11.8. The van der Waals surface area contributed by atoms with E-state index in [1.807, 2.05) is 44.2 Å². The summed E-state index contributed by atoms with van der Waals surface area (Å²) < 4.78 is 0. The van der Waals surface area contributed by atoms with Crippen LogP contribution in [0.1, 0.15) is 18.9 Å². The van der Waals surface area contributed by atoms with E-state index in [2.05, 4.69) is 15.5 Å². The van der Waals surface area contributed by atoms with Crippen molar-refractivity contribution < 1.29 is 4.79 Å². The summed E-state index contributed by atoms with van der Waals surface area (Å²) in [6.45, 7) is 4.03. The predicted octanol–water partition coefficient (Wildman–Crippen LogP) is 1.80. The summed E-state index contributed by atoms with van der Waals surface area (Å²) in [5, 5.41) is 12.7. The van der Waals surface area contributed by atoms with Crippen LogP contribution in [-0.4, -0.2) is 22.1 Å². The van der Waals surface area contributed by atoms with Crippen molar-refractivity contribution >= 4 is 17.2 Å². The van der Waals surface area contributed by atoms with Gasteiger partial charge in [0.05, 0.1) is 6.54 Å². The van der Waals surface area contributed by atoms with Crippen molar-refractivity contribution in [2.45, 2.75) is 26.4 Å². The van der Waals surface area contributed by atoms with Crippen LogP contribution >= 0.6 is 11.3 Å². The smallest absolute Gasteiger partial charge is 0.224 e. The number of nitrogens with two attached hydrogens (primary N) is 1. The van der Waals surface area contributed by atoms with Crippen molar-refractivity contribution in [3.63, 3.8) is 0 Å². The van der Waals surface area contributed by atoms with Crippen LogP contribution in [0, 0.1) is 5.92 Å². The molecule has 1 aromatic heterocycles. The van der Waals surface area contributed by atoms with E-state index in [0.717, 1.165) is 15.6 Å². The van der Waals surface area contributed by atoms with Gasteiger partial charge in [-0.05, 0) is 6.92 Å². The highest BCUT2D eigenvalue weighted by Crippen LogP contribution is 2.22. The Morgan fingerprint density at radius 2 is 2.00 bits per heavy atom. The first kappa shape index (κ1) is 14.6. The van der Waals surface area contributed by atoms with Gasteiger partial charge in [-0.15, -0.1) is 10.2 Å². The Morgan fingerprint density at radius 3 is 2.65 bits per heavy atom. The van der Waals surface area contributed by atoms with Crippen molar-refractivity contribution in [2.75, 3.05) is 0 Å². The molecule has 0 aliphatic rings. The maximum Gasteiger partial charge on any atom is 0.224 e. The molecule has 106 valence electrons. The molecule has 0 fully saturated rings. The summed E-state index contributed by atoms with van der Waals surface area (Å²) in [7, 11) is 0. The molecule has 5 nitrogen and oxygen atoms in total. The van der Waals surface area contributed by atoms with Gasteiger partial charge in [-0.25, -0.2) is 0 Å². The Balaban J connectivity index is 1.96. The number of nitrogens with one attached hydrogen (secondary N) is 1. The van der Waals surface area contributed by atoms with Gasteiger partial charge in [0.2, 0.25) is 5.91 Å². The molecule has 1 amide bonds. The highest BCUT2D eigenvalue weighted by molar-refractivity contribution is 7.14. The first-order valence-corrected chi connectivity index (χ1v) is 7.30. The Hall–Kier alpha value is -1.79. The van der Waals surface area contributed by atoms with E-state index in [9.17, 15) is 4.79 Å². The highest BCUT2D eigenvalue weighted by atomic mass is 32.1. The predicted molar refractivity (Wildman–Crippen MR) is 80.0 cm³/mol. The maximum absolute atomic E-state index is 11.8. The molecule has 6 heteroatoms. The SMILES string of the molecule is CC(N)C(C)C(=O)NCc1nnc(-c2ccccc2)s1. The molecule has 2 aromatic rings. The van der Waals surface area contributed by atoms with Crippen LogP contribution < -0.4 is 11.1 Å². The monoisotopic (exact) mass is 290 g/mol. The first-order chi connectivity index (χ1) is 9.58. The average Bonchev–Trinajstić information content (AvgIpc) is 2.93. The number of hydrogen-bond donors (Lipinski definition) is 2. The van der Waals surface area contributed by atoms with Crippen LogP contribution in [0.15, 0.2) is 30.3 Å². The van der Waals surface area contributed by atoms with Gasteiger partial charge in [0, 0.05) is 17.5 Å². The second-order valence-corrected chi connectivity index (χ2v) is 5.79. The van der Waals surface area contributed by atoms with E-state index < -0.39 is 0 Å². The third kappa shape index (κ3) is 3.61. The zero-order valence-electron chi connectivity index (χ0n) is 11.5. The lowest BCUT2D eigenvalue weighted by Crippen LogP contribution is -2.38. The van der Waals surface area contributed by atoms with Crippen LogP contribution in [0.3, 0.4) is 0 Å². The molecule has 0 bridgehead atoms. The highest BCUT2D eigenvalue weighted by Gasteiger charge is 2.17. The summed E-state index contributed by atoms with van der Waals surface area (Å²) in [5.74, 6) is -0.270. The Bertz CT molecular complexity index is 568. The van der Waals surface area contributed by atoms with Crippen LogP contribution in [0.25, 0.3) is 10.6 Å². The number of carbonyl (C=O) groups excluding carboxylic acids is 1. The fraction of sp³-hybridized carbons (Fsp3) is 0.357. The van der Waals surface area contributed by atoms with Gasteiger partial charge in [-0.2, -0.15) is 0 Å². The molecule has 20 heavy (non-hydrogen) atoms. The van der Waals surface area contributed by atoms with E-state index in [4.69, 9.17) is 5.73 Å². The maximum atomic E-state index is 11.8. The standard InChI is InChI=1S/C14H18N4OS/c1-9(10(2)15)13(19)16-8-12-17-18-14(20-12)11-6-4-3-5-7-11/h3-7,9-10H,8,15H2,1-2H3,(H,16,19). The summed E-state index contributed by atoms with van der Waals surface area (Å²) >= 11 is 1.48. The molecule has 0 radical (unpaired) electrons. The molecular formula is C14H18N4OS. The number of amides is 1. The minimum absolute atomic E-state index is 0.0588. The molecule has 0 spiro atoms. The van der Waals surface area contributed by atoms with Gasteiger partial charge in [0.1, 0.15) is 10.0 Å². The number of benzene rings is 1. The Labute approximate surface area is 122 Å². The van der Waals surface area contributed by atoms with Crippen LogP contribution in [-0.2, 0) is 11.3 Å². The molecule has 0 saturated heterocycles. The Morgan fingerprint density at radius 1 is 1.30 bits per heavy atom. The molecule has 0 aliphatic carbocycles. The van der Waals surface area contributed by atoms with Gasteiger partial charge in [0.25, 0.3) is 0 Å². The molecular weight excluding hydrogens is 272 g/mol. The number of aromatic nitrogens is 2. The molecule has 0 aliphatic heterocycles. The van der Waals surface area contributed by atoms with Gasteiger partial charge in [-0.3, -0.25) is 4.79 Å². The van der Waals surface area contributed by atoms with E-state index in [1.165, 1.54) is 11.3 Å². The summed E-state index contributed by atoms with van der Waals surface area (Å²) in [5.41, 5.74) is 6.73. The number of carbonyl (C=O) groups is 1. The lowest BCUT2D eigenvalue weighted by atomic mass is 10.0. The molecule has 2 rings (SSSR count). The van der Waals surface area contributed by atoms with Crippen molar-refractivity contribution in [3.05, 3.63) is 35.3 Å². The van der Waals surface area contributed by atoms with Gasteiger partial charge < -0.3 is 11.1 Å². The van der Waals surface area contributed by atoms with Crippen LogP contribution in [0.5, 0.6) is 0 Å². The number of hydrogen-bond acceptors (Lipinski definition) is 5. The van der Waals surface area contributed by atoms with Crippen LogP contribution in [0.4, 0.5) is 0 Å². The van der Waals surface area contributed by atoms with Gasteiger partial charge in [-0.1, -0.05) is 48.6 Å². The second-order valence-electron chi connectivity index (χ2n) is 4.73. The molecule has 3 N–H and O–H groups in total. The molecule has 1 heterocycles. The molecule has 2 unspecified atom stereocenters. The minimum atomic E-state index is -0.212. The normalized spacial score (nSPS) is 13.8. The lowest BCUT2D eigenvalue weighted by Gasteiger charge is -2.14. The largest absolute Gasteiger partial charge is 0.349 e. The molecule has 1 aromatic carbocycles. The fourth-order valence-electron chi connectivity index (χ4n) is 1.58. The van der Waals surface area contributed by atoms with E-state index in [0.29, 0.717) is 6.54 Å². The quantitative estimate of drug-likeness (QED) is 0.880. The van der Waals surface area contributed by atoms with Crippen molar-refractivity contribution in [3.8, 4) is 10.6 Å². The van der Waals surface area contributed by atoms with E-state index >= 15 is 0 Å². The third-order valence-corrected chi connectivity index (χ3v) is 4.08. The van der Waals surface area contributed by atoms with E-state index in [1.54, 1.807) is 0 Å². The number of rotatable bonds is 5. The zero-order valence-corrected chi connectivity index (χ0v) is 12.4. The number of nitrogens with zero attached hydrogens (tertiary/aromatic N) is 2. The van der Waals surface area contributed by atoms with Crippen molar-refractivity contribution in [2.24, 2.45) is 11.7 Å². The van der Waals surface area contributed by atoms with Crippen molar-refractivity contribution in [1.82, 2.24) is 15.5 Å². The Kier molecular flexibility index (Phi) is 4.81. The molecule has 2 atom stereocenters. The topological polar surface area (TPSA) is 80.9 Å². The van der Waals surface area contributed by atoms with Gasteiger partial charge in [0.15, 0.2) is 0 Å². The summed E-state index contributed by atoms with van der Waals surface area (Å²) in [6.07, 6.45) is 0. The summed E-state index contributed by atoms with van der Waals surface area (Å²) in [6, 6.07) is 9.69. The van der Waals surface area contributed by atoms with Crippen molar-refractivity contribution in [1.29, 1.82) is 0 Å².